The van der Waals surface area contributed by atoms with Crippen LogP contribution in [0.25, 0.3) is 10.2 Å². The van der Waals surface area contributed by atoms with Crippen LogP contribution in [-0.4, -0.2) is 22.4 Å². The lowest BCUT2D eigenvalue weighted by Crippen LogP contribution is -2.27. The number of nitrogens with zero attached hydrogens (tertiary/aromatic N) is 2. The van der Waals surface area contributed by atoms with Gasteiger partial charge in [0.25, 0.3) is 0 Å². The van der Waals surface area contributed by atoms with Gasteiger partial charge in [-0.05, 0) is 44.0 Å². The van der Waals surface area contributed by atoms with Crippen molar-refractivity contribution >= 4 is 33.5 Å². The highest BCUT2D eigenvalue weighted by atomic mass is 32.2. The van der Waals surface area contributed by atoms with Crippen molar-refractivity contribution in [3.05, 3.63) is 24.3 Å². The fraction of sp³-hybridized carbons (Fsp3) is 0.500. The molecular weight excluding hydrogens is 260 g/mol. The Morgan fingerprint density at radius 3 is 2.78 bits per heavy atom. The number of para-hydroxylation sites is 1. The smallest absolute Gasteiger partial charge is 0.166 e. The van der Waals surface area contributed by atoms with Crippen molar-refractivity contribution in [3.8, 4) is 0 Å². The number of hydrogen-bond donors (Lipinski definition) is 0. The summed E-state index contributed by atoms with van der Waals surface area (Å²) in [7, 11) is 2.22. The van der Waals surface area contributed by atoms with Gasteiger partial charge in [0.1, 0.15) is 0 Å². The standard InChI is InChI=1S/C14H18N2S2/c1-16(11-7-3-2-4-8-11)18-14-15-12-9-5-6-10-13(12)17-14/h5-6,9-11H,2-4,7-8H2,1H3. The van der Waals surface area contributed by atoms with Crippen molar-refractivity contribution < 1.29 is 0 Å². The van der Waals surface area contributed by atoms with E-state index in [2.05, 4.69) is 40.6 Å². The van der Waals surface area contributed by atoms with Crippen molar-refractivity contribution in [2.45, 2.75) is 42.5 Å². The van der Waals surface area contributed by atoms with Gasteiger partial charge in [-0.2, -0.15) is 0 Å². The van der Waals surface area contributed by atoms with E-state index in [-0.39, 0.29) is 0 Å². The number of aromatic nitrogens is 1. The monoisotopic (exact) mass is 278 g/mol. The Balaban J connectivity index is 1.71. The van der Waals surface area contributed by atoms with Crippen LogP contribution in [-0.2, 0) is 0 Å². The van der Waals surface area contributed by atoms with Gasteiger partial charge in [-0.3, -0.25) is 0 Å². The first kappa shape index (κ1) is 12.5. The molecule has 0 atom stereocenters. The maximum absolute atomic E-state index is 4.69. The van der Waals surface area contributed by atoms with Crippen molar-refractivity contribution in [1.82, 2.24) is 9.29 Å². The molecule has 0 radical (unpaired) electrons. The van der Waals surface area contributed by atoms with Crippen molar-refractivity contribution in [1.29, 1.82) is 0 Å². The van der Waals surface area contributed by atoms with Gasteiger partial charge in [-0.25, -0.2) is 9.29 Å². The first-order valence-corrected chi connectivity index (χ1v) is 8.18. The molecule has 2 aromatic rings. The lowest BCUT2D eigenvalue weighted by atomic mass is 9.96. The molecule has 1 fully saturated rings. The molecule has 0 saturated heterocycles. The van der Waals surface area contributed by atoms with Crippen molar-refractivity contribution in [2.75, 3.05) is 7.05 Å². The van der Waals surface area contributed by atoms with Gasteiger partial charge in [-0.15, -0.1) is 11.3 Å². The molecule has 1 aliphatic carbocycles. The molecule has 18 heavy (non-hydrogen) atoms. The van der Waals surface area contributed by atoms with Crippen LogP contribution < -0.4 is 0 Å². The summed E-state index contributed by atoms with van der Waals surface area (Å²) in [6.45, 7) is 0. The summed E-state index contributed by atoms with van der Waals surface area (Å²) in [5.41, 5.74) is 1.13. The van der Waals surface area contributed by atoms with E-state index in [1.54, 1.807) is 11.3 Å². The van der Waals surface area contributed by atoms with Crippen LogP contribution in [0.4, 0.5) is 0 Å². The van der Waals surface area contributed by atoms with Gasteiger partial charge in [0.15, 0.2) is 4.34 Å². The molecule has 1 aromatic heterocycles. The fourth-order valence-electron chi connectivity index (χ4n) is 2.53. The summed E-state index contributed by atoms with van der Waals surface area (Å²) in [6, 6.07) is 9.12. The molecule has 0 spiro atoms. The van der Waals surface area contributed by atoms with Crippen LogP contribution >= 0.6 is 23.3 Å². The minimum absolute atomic E-state index is 0.732. The molecule has 1 heterocycles. The molecule has 0 unspecified atom stereocenters. The molecule has 0 amide bonds. The maximum Gasteiger partial charge on any atom is 0.166 e. The second-order valence-electron chi connectivity index (χ2n) is 4.88. The molecule has 2 nitrogen and oxygen atoms in total. The summed E-state index contributed by atoms with van der Waals surface area (Å²) in [5, 5.41) is 0. The Morgan fingerprint density at radius 2 is 2.00 bits per heavy atom. The molecule has 0 bridgehead atoms. The maximum atomic E-state index is 4.69. The van der Waals surface area contributed by atoms with Crippen LogP contribution in [0.1, 0.15) is 32.1 Å². The van der Waals surface area contributed by atoms with Crippen LogP contribution in [0.2, 0.25) is 0 Å². The van der Waals surface area contributed by atoms with Gasteiger partial charge < -0.3 is 0 Å². The lowest BCUT2D eigenvalue weighted by molar-refractivity contribution is 0.305. The number of thiazole rings is 1. The summed E-state index contributed by atoms with van der Waals surface area (Å²) in [5.74, 6) is 0. The Hall–Kier alpha value is -0.580. The average molecular weight is 278 g/mol. The Labute approximate surface area is 117 Å². The number of hydrogen-bond acceptors (Lipinski definition) is 4. The third-order valence-corrected chi connectivity index (χ3v) is 5.72. The van der Waals surface area contributed by atoms with Crippen molar-refractivity contribution in [3.63, 3.8) is 0 Å². The van der Waals surface area contributed by atoms with Gasteiger partial charge >= 0.3 is 0 Å². The molecule has 1 saturated carbocycles. The van der Waals surface area contributed by atoms with E-state index in [0.29, 0.717) is 0 Å². The zero-order valence-corrected chi connectivity index (χ0v) is 12.3. The number of benzene rings is 1. The topological polar surface area (TPSA) is 16.1 Å². The highest BCUT2D eigenvalue weighted by molar-refractivity contribution is 7.98. The molecule has 1 aliphatic rings. The Morgan fingerprint density at radius 1 is 1.22 bits per heavy atom. The molecular formula is C14H18N2S2. The summed E-state index contributed by atoms with van der Waals surface area (Å²) in [6.07, 6.45) is 6.86. The van der Waals surface area contributed by atoms with E-state index in [9.17, 15) is 0 Å². The Bertz CT molecular complexity index is 484. The Kier molecular flexibility index (Phi) is 3.87. The van der Waals surface area contributed by atoms with E-state index in [4.69, 9.17) is 0 Å². The number of rotatable bonds is 3. The quantitative estimate of drug-likeness (QED) is 0.765. The van der Waals surface area contributed by atoms with Gasteiger partial charge in [-0.1, -0.05) is 31.4 Å². The fourth-order valence-corrected chi connectivity index (χ4v) is 4.75. The largest absolute Gasteiger partial charge is 0.244 e. The predicted octanol–water partition coefficient (Wildman–Crippen LogP) is 4.57. The molecule has 0 aliphatic heterocycles. The van der Waals surface area contributed by atoms with E-state index < -0.39 is 0 Å². The van der Waals surface area contributed by atoms with Crippen LogP contribution in [0.3, 0.4) is 0 Å². The van der Waals surface area contributed by atoms with Gasteiger partial charge in [0.05, 0.1) is 10.2 Å². The zero-order valence-electron chi connectivity index (χ0n) is 10.6. The molecule has 3 rings (SSSR count). The minimum Gasteiger partial charge on any atom is -0.244 e. The van der Waals surface area contributed by atoms with E-state index in [0.717, 1.165) is 11.6 Å². The average Bonchev–Trinajstić information content (AvgIpc) is 2.82. The molecule has 0 N–H and O–H groups in total. The summed E-state index contributed by atoms with van der Waals surface area (Å²) < 4.78 is 4.87. The lowest BCUT2D eigenvalue weighted by Gasteiger charge is -2.29. The first-order chi connectivity index (χ1) is 8.83. The van der Waals surface area contributed by atoms with E-state index in [1.165, 1.54) is 41.1 Å². The first-order valence-electron chi connectivity index (χ1n) is 6.59. The zero-order chi connectivity index (χ0) is 12.4. The van der Waals surface area contributed by atoms with E-state index >= 15 is 0 Å². The van der Waals surface area contributed by atoms with Crippen LogP contribution in [0.15, 0.2) is 28.6 Å². The molecule has 4 heteroatoms. The van der Waals surface area contributed by atoms with Gasteiger partial charge in [0, 0.05) is 6.04 Å². The SMILES string of the molecule is CN(Sc1nc2ccccc2s1)C1CCCCC1. The van der Waals surface area contributed by atoms with Crippen molar-refractivity contribution in [2.24, 2.45) is 0 Å². The summed E-state index contributed by atoms with van der Waals surface area (Å²) in [4.78, 5) is 4.69. The van der Waals surface area contributed by atoms with Crippen LogP contribution in [0.5, 0.6) is 0 Å². The van der Waals surface area contributed by atoms with E-state index in [1.807, 2.05) is 11.9 Å². The molecule has 1 aromatic carbocycles. The summed E-state index contributed by atoms with van der Waals surface area (Å²) >= 11 is 3.62. The predicted molar refractivity (Wildman–Crippen MR) is 80.1 cm³/mol. The third-order valence-electron chi connectivity index (χ3n) is 3.59. The highest BCUT2D eigenvalue weighted by Gasteiger charge is 2.19. The van der Waals surface area contributed by atoms with Gasteiger partial charge in [0.2, 0.25) is 0 Å². The highest BCUT2D eigenvalue weighted by Crippen LogP contribution is 2.34. The third kappa shape index (κ3) is 2.71. The van der Waals surface area contributed by atoms with Crippen LogP contribution in [0, 0.1) is 0 Å². The molecule has 96 valence electrons. The normalized spacial score (nSPS) is 17.7. The minimum atomic E-state index is 0.732. The second-order valence-corrected chi connectivity index (χ2v) is 7.31. The number of fused-ring (bicyclic) bond motifs is 1. The second kappa shape index (κ2) is 5.59.